The van der Waals surface area contributed by atoms with Crippen LogP contribution in [0.3, 0.4) is 0 Å². The van der Waals surface area contributed by atoms with E-state index in [-0.39, 0.29) is 18.5 Å². The van der Waals surface area contributed by atoms with Gasteiger partial charge in [-0.15, -0.1) is 11.3 Å². The Morgan fingerprint density at radius 2 is 2.08 bits per heavy atom. The van der Waals surface area contributed by atoms with Crippen molar-refractivity contribution in [2.45, 2.75) is 25.3 Å². The Balaban J connectivity index is 1.91. The standard InChI is InChI=1S/C15H25N3O4S2/c1-17(2)24(20,21)18(13-5-9-22-10-6-13)8-7-16-15(19)12-14-4-3-11-23-14/h3-4,11,13H,5-10,12H2,1-2H3,(H,16,19). The third-order valence-corrected chi connectivity index (χ3v) is 6.80. The molecule has 0 radical (unpaired) electrons. The molecule has 9 heteroatoms. The molecule has 1 aliphatic rings. The van der Waals surface area contributed by atoms with Gasteiger partial charge < -0.3 is 10.1 Å². The van der Waals surface area contributed by atoms with Gasteiger partial charge in [-0.05, 0) is 24.3 Å². The predicted molar refractivity (Wildman–Crippen MR) is 94.2 cm³/mol. The first-order valence-electron chi connectivity index (χ1n) is 7.97. The summed E-state index contributed by atoms with van der Waals surface area (Å²) in [5.41, 5.74) is 0. The summed E-state index contributed by atoms with van der Waals surface area (Å²) in [4.78, 5) is 12.9. The van der Waals surface area contributed by atoms with E-state index in [2.05, 4.69) is 5.32 Å². The van der Waals surface area contributed by atoms with Crippen LogP contribution in [0.15, 0.2) is 17.5 Å². The summed E-state index contributed by atoms with van der Waals surface area (Å²) in [7, 11) is -0.475. The molecule has 1 aromatic rings. The van der Waals surface area contributed by atoms with Gasteiger partial charge in [0.05, 0.1) is 6.42 Å². The molecule has 1 fully saturated rings. The fraction of sp³-hybridized carbons (Fsp3) is 0.667. The summed E-state index contributed by atoms with van der Waals surface area (Å²) in [5.74, 6) is -0.0911. The molecule has 7 nitrogen and oxygen atoms in total. The van der Waals surface area contributed by atoms with Crippen LogP contribution in [0.1, 0.15) is 17.7 Å². The molecule has 0 spiro atoms. The van der Waals surface area contributed by atoms with E-state index >= 15 is 0 Å². The molecule has 0 saturated carbocycles. The van der Waals surface area contributed by atoms with Crippen molar-refractivity contribution in [1.29, 1.82) is 0 Å². The van der Waals surface area contributed by atoms with Crippen LogP contribution in [0.5, 0.6) is 0 Å². The number of nitrogens with zero attached hydrogens (tertiary/aromatic N) is 2. The Morgan fingerprint density at radius 1 is 1.38 bits per heavy atom. The molecule has 0 atom stereocenters. The molecule has 24 heavy (non-hydrogen) atoms. The second kappa shape index (κ2) is 8.91. The summed E-state index contributed by atoms with van der Waals surface area (Å²) in [5, 5.41) is 4.74. The maximum absolute atomic E-state index is 12.6. The fourth-order valence-electron chi connectivity index (χ4n) is 2.61. The number of carbonyl (C=O) groups is 1. The van der Waals surface area contributed by atoms with Gasteiger partial charge in [0.1, 0.15) is 0 Å². The lowest BCUT2D eigenvalue weighted by atomic mass is 10.1. The summed E-state index contributed by atoms with van der Waals surface area (Å²) >= 11 is 1.53. The van der Waals surface area contributed by atoms with Gasteiger partial charge in [0, 0.05) is 51.3 Å². The largest absolute Gasteiger partial charge is 0.381 e. The number of ether oxygens (including phenoxy) is 1. The van der Waals surface area contributed by atoms with Gasteiger partial charge in [0.25, 0.3) is 10.2 Å². The third kappa shape index (κ3) is 5.25. The maximum Gasteiger partial charge on any atom is 0.281 e. The molecular weight excluding hydrogens is 350 g/mol. The quantitative estimate of drug-likeness (QED) is 0.725. The van der Waals surface area contributed by atoms with Gasteiger partial charge >= 0.3 is 0 Å². The minimum Gasteiger partial charge on any atom is -0.381 e. The fourth-order valence-corrected chi connectivity index (χ4v) is 4.64. The molecule has 0 unspecified atom stereocenters. The number of hydrogen-bond donors (Lipinski definition) is 1. The highest BCUT2D eigenvalue weighted by Crippen LogP contribution is 2.19. The Labute approximate surface area is 147 Å². The summed E-state index contributed by atoms with van der Waals surface area (Å²) in [6.45, 7) is 1.69. The first-order valence-corrected chi connectivity index (χ1v) is 10.2. The molecule has 1 aliphatic heterocycles. The van der Waals surface area contributed by atoms with Crippen molar-refractivity contribution in [3.8, 4) is 0 Å². The van der Waals surface area contributed by atoms with Crippen LogP contribution in [0.4, 0.5) is 0 Å². The molecule has 1 N–H and O–H groups in total. The molecule has 2 rings (SSSR count). The number of hydrogen-bond acceptors (Lipinski definition) is 5. The Bertz CT molecular complexity index is 611. The highest BCUT2D eigenvalue weighted by atomic mass is 32.2. The van der Waals surface area contributed by atoms with E-state index in [1.165, 1.54) is 34.0 Å². The average Bonchev–Trinajstić information content (AvgIpc) is 3.05. The van der Waals surface area contributed by atoms with Gasteiger partial charge in [-0.25, -0.2) is 0 Å². The number of nitrogens with one attached hydrogen (secondary N) is 1. The van der Waals surface area contributed by atoms with E-state index < -0.39 is 10.2 Å². The molecule has 136 valence electrons. The zero-order chi connectivity index (χ0) is 17.6. The number of rotatable bonds is 8. The minimum atomic E-state index is -3.52. The molecule has 1 amide bonds. The zero-order valence-corrected chi connectivity index (χ0v) is 15.7. The predicted octanol–water partition coefficient (Wildman–Crippen LogP) is 0.694. The van der Waals surface area contributed by atoms with Crippen molar-refractivity contribution >= 4 is 27.5 Å². The van der Waals surface area contributed by atoms with E-state index in [1.54, 1.807) is 0 Å². The first kappa shape index (κ1) is 19.3. The van der Waals surface area contributed by atoms with E-state index in [4.69, 9.17) is 4.74 Å². The van der Waals surface area contributed by atoms with Gasteiger partial charge in [-0.3, -0.25) is 4.79 Å². The van der Waals surface area contributed by atoms with E-state index in [9.17, 15) is 13.2 Å². The topological polar surface area (TPSA) is 79.0 Å². The van der Waals surface area contributed by atoms with E-state index in [1.807, 2.05) is 17.5 Å². The summed E-state index contributed by atoms with van der Waals surface area (Å²) in [6, 6.07) is 3.74. The van der Waals surface area contributed by atoms with Crippen molar-refractivity contribution in [2.24, 2.45) is 0 Å². The van der Waals surface area contributed by atoms with Crippen LogP contribution in [0.25, 0.3) is 0 Å². The van der Waals surface area contributed by atoms with E-state index in [0.29, 0.717) is 39.0 Å². The maximum atomic E-state index is 12.6. The second-order valence-corrected chi connectivity index (χ2v) is 8.98. The Morgan fingerprint density at radius 3 is 2.67 bits per heavy atom. The molecule has 0 bridgehead atoms. The molecule has 2 heterocycles. The monoisotopic (exact) mass is 375 g/mol. The van der Waals surface area contributed by atoms with E-state index in [0.717, 1.165) is 4.88 Å². The van der Waals surface area contributed by atoms with Gasteiger partial charge in [-0.1, -0.05) is 6.07 Å². The third-order valence-electron chi connectivity index (χ3n) is 3.93. The summed E-state index contributed by atoms with van der Waals surface area (Å²) < 4.78 is 33.1. The highest BCUT2D eigenvalue weighted by molar-refractivity contribution is 7.86. The van der Waals surface area contributed by atoms with Crippen LogP contribution in [0, 0.1) is 0 Å². The number of thiophene rings is 1. The van der Waals surface area contributed by atoms with Crippen molar-refractivity contribution in [2.75, 3.05) is 40.4 Å². The average molecular weight is 376 g/mol. The normalized spacial score (nSPS) is 16.7. The summed E-state index contributed by atoms with van der Waals surface area (Å²) in [6.07, 6.45) is 1.68. The van der Waals surface area contributed by atoms with Gasteiger partial charge in [0.2, 0.25) is 5.91 Å². The van der Waals surface area contributed by atoms with Gasteiger partial charge in [0.15, 0.2) is 0 Å². The van der Waals surface area contributed by atoms with Crippen LogP contribution < -0.4 is 5.32 Å². The van der Waals surface area contributed by atoms with Gasteiger partial charge in [-0.2, -0.15) is 17.0 Å². The van der Waals surface area contributed by atoms with Crippen molar-refractivity contribution in [1.82, 2.24) is 13.9 Å². The smallest absolute Gasteiger partial charge is 0.281 e. The van der Waals surface area contributed by atoms with Crippen molar-refractivity contribution in [3.63, 3.8) is 0 Å². The lowest BCUT2D eigenvalue weighted by Crippen LogP contribution is -2.50. The van der Waals surface area contributed by atoms with Crippen LogP contribution >= 0.6 is 11.3 Å². The highest BCUT2D eigenvalue weighted by Gasteiger charge is 2.32. The second-order valence-electron chi connectivity index (χ2n) is 5.85. The molecule has 1 saturated heterocycles. The van der Waals surface area contributed by atoms with Crippen LogP contribution in [-0.4, -0.2) is 69.4 Å². The van der Waals surface area contributed by atoms with Crippen molar-refractivity contribution in [3.05, 3.63) is 22.4 Å². The lowest BCUT2D eigenvalue weighted by molar-refractivity contribution is -0.120. The SMILES string of the molecule is CN(C)S(=O)(=O)N(CCNC(=O)Cc1cccs1)C1CCOCC1. The van der Waals surface area contributed by atoms with Crippen LogP contribution in [0.2, 0.25) is 0 Å². The Hall–Kier alpha value is -1.00. The minimum absolute atomic E-state index is 0.0830. The molecule has 0 aliphatic carbocycles. The Kier molecular flexibility index (Phi) is 7.17. The zero-order valence-electron chi connectivity index (χ0n) is 14.1. The lowest BCUT2D eigenvalue weighted by Gasteiger charge is -2.34. The van der Waals surface area contributed by atoms with Crippen LogP contribution in [-0.2, 0) is 26.2 Å². The molecule has 0 aromatic carbocycles. The first-order chi connectivity index (χ1) is 11.4. The number of amides is 1. The molecule has 1 aromatic heterocycles. The molecular formula is C15H25N3O4S2. The van der Waals surface area contributed by atoms with Crippen molar-refractivity contribution < 1.29 is 17.9 Å². The number of carbonyl (C=O) groups excluding carboxylic acids is 1.